The summed E-state index contributed by atoms with van der Waals surface area (Å²) < 4.78 is 27.8. The average Bonchev–Trinajstić information content (AvgIpc) is 3.21. The molecule has 124 valence electrons. The van der Waals surface area contributed by atoms with E-state index < -0.39 is 26.2 Å². The summed E-state index contributed by atoms with van der Waals surface area (Å²) in [4.78, 5) is 10.1. The molecule has 0 spiro atoms. The van der Waals surface area contributed by atoms with Crippen LogP contribution in [0.3, 0.4) is 0 Å². The molecular weight excluding hydrogens is 330 g/mol. The first-order chi connectivity index (χ1) is 9.71. The van der Waals surface area contributed by atoms with Crippen LogP contribution in [0.4, 0.5) is 5.69 Å². The van der Waals surface area contributed by atoms with Gasteiger partial charge in [0.15, 0.2) is 4.90 Å². The van der Waals surface area contributed by atoms with Crippen LogP contribution in [0.1, 0.15) is 25.3 Å². The van der Waals surface area contributed by atoms with E-state index in [4.69, 9.17) is 5.73 Å². The van der Waals surface area contributed by atoms with Gasteiger partial charge in [-0.15, -0.1) is 12.4 Å². The van der Waals surface area contributed by atoms with Gasteiger partial charge in [0.1, 0.15) is 0 Å². The van der Waals surface area contributed by atoms with E-state index in [2.05, 4.69) is 4.72 Å². The van der Waals surface area contributed by atoms with E-state index in [1.807, 2.05) is 0 Å². The number of nitrogens with zero attached hydrogens (tertiary/aromatic N) is 1. The summed E-state index contributed by atoms with van der Waals surface area (Å²) in [6.45, 7) is 3.43. The van der Waals surface area contributed by atoms with Crippen molar-refractivity contribution < 1.29 is 13.3 Å². The second-order valence-electron chi connectivity index (χ2n) is 5.68. The Hall–Kier alpha value is -1.22. The minimum Gasteiger partial charge on any atom is -0.329 e. The maximum Gasteiger partial charge on any atom is 0.289 e. The Labute approximate surface area is 135 Å². The van der Waals surface area contributed by atoms with Gasteiger partial charge in [0.05, 0.1) is 4.92 Å². The van der Waals surface area contributed by atoms with Gasteiger partial charge >= 0.3 is 0 Å². The minimum absolute atomic E-state index is 0. The number of nitrogens with one attached hydrogen (secondary N) is 1. The van der Waals surface area contributed by atoms with Crippen molar-refractivity contribution in [3.05, 3.63) is 33.9 Å². The van der Waals surface area contributed by atoms with Gasteiger partial charge in [-0.05, 0) is 38.2 Å². The van der Waals surface area contributed by atoms with Crippen LogP contribution in [-0.4, -0.2) is 25.4 Å². The number of nitrogens with two attached hydrogens (primary N) is 1. The van der Waals surface area contributed by atoms with E-state index in [0.29, 0.717) is 5.56 Å². The van der Waals surface area contributed by atoms with E-state index in [9.17, 15) is 18.5 Å². The predicted octanol–water partition coefficient (Wildman–Crippen LogP) is 1.73. The van der Waals surface area contributed by atoms with Gasteiger partial charge in [0.25, 0.3) is 5.69 Å². The molecule has 0 saturated heterocycles. The quantitative estimate of drug-likeness (QED) is 0.599. The molecule has 1 aliphatic carbocycles. The molecule has 0 radical (unpaired) electrons. The molecule has 9 heteroatoms. The van der Waals surface area contributed by atoms with Gasteiger partial charge < -0.3 is 5.73 Å². The number of nitro benzene ring substituents is 1. The third-order valence-corrected chi connectivity index (χ3v) is 5.73. The summed E-state index contributed by atoms with van der Waals surface area (Å²) in [6, 6.07) is 4.20. The molecule has 1 fully saturated rings. The highest BCUT2D eigenvalue weighted by Gasteiger charge is 2.44. The molecule has 0 heterocycles. The monoisotopic (exact) mass is 349 g/mol. The summed E-state index contributed by atoms with van der Waals surface area (Å²) in [6.07, 6.45) is 1.82. The first-order valence-corrected chi connectivity index (χ1v) is 8.17. The molecule has 1 atom stereocenters. The van der Waals surface area contributed by atoms with Gasteiger partial charge in [-0.2, -0.15) is 0 Å². The summed E-state index contributed by atoms with van der Waals surface area (Å²) >= 11 is 0. The number of aryl methyl sites for hydroxylation is 1. The first-order valence-electron chi connectivity index (χ1n) is 6.69. The summed E-state index contributed by atoms with van der Waals surface area (Å²) in [5.41, 5.74) is 4.86. The van der Waals surface area contributed by atoms with Crippen LogP contribution in [0, 0.1) is 23.0 Å². The number of hydrogen-bond acceptors (Lipinski definition) is 5. The minimum atomic E-state index is -4.01. The van der Waals surface area contributed by atoms with Gasteiger partial charge in [-0.3, -0.25) is 10.1 Å². The van der Waals surface area contributed by atoms with Crippen LogP contribution in [-0.2, 0) is 10.0 Å². The maximum absolute atomic E-state index is 12.6. The topological polar surface area (TPSA) is 115 Å². The highest BCUT2D eigenvalue weighted by Crippen LogP contribution is 2.40. The van der Waals surface area contributed by atoms with Gasteiger partial charge in [0.2, 0.25) is 10.0 Å². The largest absolute Gasteiger partial charge is 0.329 e. The standard InChI is InChI=1S/C13H19N3O4S.ClH/c1-9-4-3-5-11(16(17)18)12(9)21(19,20)15-13(2,8-14)10-6-7-10;/h3-5,10,15H,6-8,14H2,1-2H3;1H. The Morgan fingerprint density at radius 1 is 1.45 bits per heavy atom. The molecule has 3 N–H and O–H groups in total. The molecule has 1 aliphatic rings. The fourth-order valence-electron chi connectivity index (χ4n) is 2.50. The molecule has 1 aromatic carbocycles. The third kappa shape index (κ3) is 3.57. The van der Waals surface area contributed by atoms with E-state index in [1.165, 1.54) is 12.1 Å². The van der Waals surface area contributed by atoms with Gasteiger partial charge in [-0.25, -0.2) is 13.1 Å². The molecule has 0 aromatic heterocycles. The summed E-state index contributed by atoms with van der Waals surface area (Å²) in [5.74, 6) is 0.181. The van der Waals surface area contributed by atoms with Crippen LogP contribution < -0.4 is 10.5 Å². The van der Waals surface area contributed by atoms with E-state index >= 15 is 0 Å². The van der Waals surface area contributed by atoms with Gasteiger partial charge in [-0.1, -0.05) is 12.1 Å². The van der Waals surface area contributed by atoms with Crippen molar-refractivity contribution in [2.75, 3.05) is 6.54 Å². The first kappa shape index (κ1) is 18.8. The molecule has 1 saturated carbocycles. The number of nitro groups is 1. The van der Waals surface area contributed by atoms with Crippen molar-refractivity contribution in [2.24, 2.45) is 11.7 Å². The Bertz CT molecular complexity index is 676. The van der Waals surface area contributed by atoms with Crippen molar-refractivity contribution in [3.8, 4) is 0 Å². The van der Waals surface area contributed by atoms with E-state index in [0.717, 1.165) is 12.8 Å². The molecule has 22 heavy (non-hydrogen) atoms. The van der Waals surface area contributed by atoms with Crippen molar-refractivity contribution in [3.63, 3.8) is 0 Å². The van der Waals surface area contributed by atoms with Crippen LogP contribution >= 0.6 is 12.4 Å². The Morgan fingerprint density at radius 2 is 2.05 bits per heavy atom. The van der Waals surface area contributed by atoms with Crippen molar-refractivity contribution >= 4 is 28.1 Å². The Kier molecular flexibility index (Phi) is 5.56. The number of benzene rings is 1. The van der Waals surface area contributed by atoms with Gasteiger partial charge in [0, 0.05) is 18.2 Å². The fourth-order valence-corrected chi connectivity index (χ4v) is 4.38. The Balaban J connectivity index is 0.00000242. The lowest BCUT2D eigenvalue weighted by atomic mass is 9.98. The van der Waals surface area contributed by atoms with Crippen LogP contribution in [0.5, 0.6) is 0 Å². The van der Waals surface area contributed by atoms with E-state index in [-0.39, 0.29) is 29.8 Å². The van der Waals surface area contributed by atoms with E-state index in [1.54, 1.807) is 19.9 Å². The molecule has 0 bridgehead atoms. The number of hydrogen-bond donors (Lipinski definition) is 2. The molecule has 0 aliphatic heterocycles. The third-order valence-electron chi connectivity index (χ3n) is 3.93. The zero-order valence-corrected chi connectivity index (χ0v) is 14.0. The fraction of sp³-hybridized carbons (Fsp3) is 0.538. The van der Waals surface area contributed by atoms with Crippen LogP contribution in [0.2, 0.25) is 0 Å². The molecule has 2 rings (SSSR count). The smallest absolute Gasteiger partial charge is 0.289 e. The summed E-state index contributed by atoms with van der Waals surface area (Å²) in [5, 5.41) is 11.1. The van der Waals surface area contributed by atoms with Crippen molar-refractivity contribution in [1.29, 1.82) is 0 Å². The number of rotatable bonds is 6. The number of sulfonamides is 1. The SMILES string of the molecule is Cc1cccc([N+](=O)[O-])c1S(=O)(=O)NC(C)(CN)C1CC1.Cl. The zero-order chi connectivity index (χ0) is 15.8. The molecule has 7 nitrogen and oxygen atoms in total. The molecular formula is C13H20ClN3O4S. The maximum atomic E-state index is 12.6. The lowest BCUT2D eigenvalue weighted by Gasteiger charge is -2.29. The summed E-state index contributed by atoms with van der Waals surface area (Å²) in [7, 11) is -4.01. The van der Waals surface area contributed by atoms with Crippen molar-refractivity contribution in [1.82, 2.24) is 4.72 Å². The zero-order valence-electron chi connectivity index (χ0n) is 12.4. The van der Waals surface area contributed by atoms with Crippen LogP contribution in [0.25, 0.3) is 0 Å². The highest BCUT2D eigenvalue weighted by molar-refractivity contribution is 7.89. The second-order valence-corrected chi connectivity index (χ2v) is 7.30. The lowest BCUT2D eigenvalue weighted by molar-refractivity contribution is -0.387. The highest BCUT2D eigenvalue weighted by atomic mass is 35.5. The Morgan fingerprint density at radius 3 is 2.50 bits per heavy atom. The normalized spacial score (nSPS) is 17.4. The lowest BCUT2D eigenvalue weighted by Crippen LogP contribution is -2.53. The average molecular weight is 350 g/mol. The second kappa shape index (κ2) is 6.49. The molecule has 1 aromatic rings. The molecule has 0 amide bonds. The number of halogens is 1. The molecule has 1 unspecified atom stereocenters. The van der Waals surface area contributed by atoms with Crippen molar-refractivity contribution in [2.45, 2.75) is 37.1 Å². The predicted molar refractivity (Wildman–Crippen MR) is 85.6 cm³/mol. The van der Waals surface area contributed by atoms with Crippen LogP contribution in [0.15, 0.2) is 23.1 Å².